The van der Waals surface area contributed by atoms with Crippen LogP contribution in [-0.4, -0.2) is 12.2 Å². The number of hydrogen-bond acceptors (Lipinski definition) is 3. The second-order valence-electron chi connectivity index (χ2n) is 4.12. The first-order chi connectivity index (χ1) is 8.78. The third kappa shape index (κ3) is 3.50. The molecule has 0 atom stereocenters. The molecule has 0 aliphatic heterocycles. The summed E-state index contributed by atoms with van der Waals surface area (Å²) in [5.41, 5.74) is 2.28. The van der Waals surface area contributed by atoms with E-state index in [1.807, 2.05) is 36.4 Å². The van der Waals surface area contributed by atoms with Crippen molar-refractivity contribution in [3.05, 3.63) is 59.7 Å². The van der Waals surface area contributed by atoms with Crippen molar-refractivity contribution in [2.75, 3.05) is 7.11 Å². The standard InChI is InChI=1S/C15H17NO2/c1-18-15-7-5-12(6-8-15)10-16-11-13-3-2-4-14(17)9-13/h2-9,16-17H,10-11H2,1H3. The lowest BCUT2D eigenvalue weighted by molar-refractivity contribution is 0.414. The molecule has 0 aliphatic carbocycles. The minimum absolute atomic E-state index is 0.304. The van der Waals surface area contributed by atoms with Crippen molar-refractivity contribution in [1.82, 2.24) is 5.32 Å². The van der Waals surface area contributed by atoms with Crippen LogP contribution < -0.4 is 10.1 Å². The highest BCUT2D eigenvalue weighted by Crippen LogP contribution is 2.12. The SMILES string of the molecule is COc1ccc(CNCc2cccc(O)c2)cc1. The van der Waals surface area contributed by atoms with Crippen molar-refractivity contribution in [3.8, 4) is 11.5 Å². The van der Waals surface area contributed by atoms with Crippen LogP contribution in [0.2, 0.25) is 0 Å². The Balaban J connectivity index is 1.84. The molecule has 0 unspecified atom stereocenters. The van der Waals surface area contributed by atoms with Crippen molar-refractivity contribution in [3.63, 3.8) is 0 Å². The van der Waals surface area contributed by atoms with Crippen LogP contribution in [0.4, 0.5) is 0 Å². The lowest BCUT2D eigenvalue weighted by Crippen LogP contribution is -2.12. The van der Waals surface area contributed by atoms with Gasteiger partial charge >= 0.3 is 0 Å². The van der Waals surface area contributed by atoms with Crippen LogP contribution in [0.1, 0.15) is 11.1 Å². The summed E-state index contributed by atoms with van der Waals surface area (Å²) >= 11 is 0. The summed E-state index contributed by atoms with van der Waals surface area (Å²) in [5.74, 6) is 1.17. The fourth-order valence-electron chi connectivity index (χ4n) is 1.76. The van der Waals surface area contributed by atoms with Gasteiger partial charge in [0.2, 0.25) is 0 Å². The molecule has 2 rings (SSSR count). The average molecular weight is 243 g/mol. The summed E-state index contributed by atoms with van der Waals surface area (Å²) in [4.78, 5) is 0. The maximum atomic E-state index is 9.35. The molecule has 0 amide bonds. The Bertz CT molecular complexity index is 494. The monoisotopic (exact) mass is 243 g/mol. The van der Waals surface area contributed by atoms with Gasteiger partial charge in [0.05, 0.1) is 7.11 Å². The van der Waals surface area contributed by atoms with E-state index in [9.17, 15) is 5.11 Å². The van der Waals surface area contributed by atoms with Gasteiger partial charge in [0.25, 0.3) is 0 Å². The van der Waals surface area contributed by atoms with Crippen LogP contribution in [-0.2, 0) is 13.1 Å². The zero-order valence-corrected chi connectivity index (χ0v) is 10.4. The molecule has 2 aromatic rings. The maximum absolute atomic E-state index is 9.35. The number of phenolic OH excluding ortho intramolecular Hbond substituents is 1. The van der Waals surface area contributed by atoms with Crippen LogP contribution >= 0.6 is 0 Å². The molecular weight excluding hydrogens is 226 g/mol. The van der Waals surface area contributed by atoms with Gasteiger partial charge in [0.15, 0.2) is 0 Å². The lowest BCUT2D eigenvalue weighted by Gasteiger charge is -2.06. The van der Waals surface area contributed by atoms with Gasteiger partial charge in [-0.15, -0.1) is 0 Å². The molecule has 3 nitrogen and oxygen atoms in total. The summed E-state index contributed by atoms with van der Waals surface area (Å²) in [5, 5.41) is 12.7. The minimum Gasteiger partial charge on any atom is -0.508 e. The Hall–Kier alpha value is -2.00. The van der Waals surface area contributed by atoms with E-state index >= 15 is 0 Å². The van der Waals surface area contributed by atoms with Crippen LogP contribution in [0.3, 0.4) is 0 Å². The average Bonchev–Trinajstić information content (AvgIpc) is 2.40. The molecule has 0 aromatic heterocycles. The van der Waals surface area contributed by atoms with Gasteiger partial charge in [-0.25, -0.2) is 0 Å². The molecule has 0 fully saturated rings. The van der Waals surface area contributed by atoms with Crippen LogP contribution in [0.5, 0.6) is 11.5 Å². The number of phenols is 1. The molecule has 0 saturated carbocycles. The number of aromatic hydroxyl groups is 1. The molecule has 0 saturated heterocycles. The normalized spacial score (nSPS) is 10.3. The summed E-state index contributed by atoms with van der Waals surface area (Å²) in [6.45, 7) is 1.53. The van der Waals surface area contributed by atoms with Crippen molar-refractivity contribution >= 4 is 0 Å². The third-order valence-electron chi connectivity index (χ3n) is 2.73. The molecule has 18 heavy (non-hydrogen) atoms. The smallest absolute Gasteiger partial charge is 0.118 e. The van der Waals surface area contributed by atoms with Gasteiger partial charge in [0.1, 0.15) is 11.5 Å². The van der Waals surface area contributed by atoms with Crippen molar-refractivity contribution < 1.29 is 9.84 Å². The highest BCUT2D eigenvalue weighted by molar-refractivity contribution is 5.28. The first kappa shape index (κ1) is 12.5. The van der Waals surface area contributed by atoms with Gasteiger partial charge in [-0.05, 0) is 35.4 Å². The minimum atomic E-state index is 0.304. The molecule has 2 N–H and O–H groups in total. The summed E-state index contributed by atoms with van der Waals surface area (Å²) < 4.78 is 5.11. The Labute approximate surface area is 107 Å². The Morgan fingerprint density at radius 3 is 2.39 bits per heavy atom. The topological polar surface area (TPSA) is 41.5 Å². The molecule has 0 aliphatic rings. The van der Waals surface area contributed by atoms with Gasteiger partial charge < -0.3 is 15.2 Å². The number of benzene rings is 2. The van der Waals surface area contributed by atoms with Crippen LogP contribution in [0.25, 0.3) is 0 Å². The Morgan fingerprint density at radius 1 is 1.00 bits per heavy atom. The summed E-state index contributed by atoms with van der Waals surface area (Å²) in [6, 6.07) is 15.2. The maximum Gasteiger partial charge on any atom is 0.118 e. The predicted octanol–water partition coefficient (Wildman–Crippen LogP) is 2.69. The molecule has 0 bridgehead atoms. The van der Waals surface area contributed by atoms with Crippen LogP contribution in [0.15, 0.2) is 48.5 Å². The lowest BCUT2D eigenvalue weighted by atomic mass is 10.2. The Kier molecular flexibility index (Phi) is 4.20. The molecule has 0 spiro atoms. The summed E-state index contributed by atoms with van der Waals surface area (Å²) in [6.07, 6.45) is 0. The van der Waals surface area contributed by atoms with E-state index in [-0.39, 0.29) is 0 Å². The van der Waals surface area contributed by atoms with Crippen LogP contribution in [0, 0.1) is 0 Å². The number of rotatable bonds is 5. The van der Waals surface area contributed by atoms with Gasteiger partial charge in [0, 0.05) is 13.1 Å². The van der Waals surface area contributed by atoms with E-state index in [1.54, 1.807) is 19.2 Å². The van der Waals surface area contributed by atoms with Gasteiger partial charge in [-0.2, -0.15) is 0 Å². The molecular formula is C15H17NO2. The second kappa shape index (κ2) is 6.07. The van der Waals surface area contributed by atoms with E-state index < -0.39 is 0 Å². The van der Waals surface area contributed by atoms with Gasteiger partial charge in [-0.1, -0.05) is 24.3 Å². The number of methoxy groups -OCH3 is 1. The predicted molar refractivity (Wildman–Crippen MR) is 71.6 cm³/mol. The third-order valence-corrected chi connectivity index (χ3v) is 2.73. The zero-order chi connectivity index (χ0) is 12.8. The highest BCUT2D eigenvalue weighted by atomic mass is 16.5. The number of nitrogens with one attached hydrogen (secondary N) is 1. The molecule has 2 aromatic carbocycles. The van der Waals surface area contributed by atoms with Crippen molar-refractivity contribution in [1.29, 1.82) is 0 Å². The largest absolute Gasteiger partial charge is 0.508 e. The highest BCUT2D eigenvalue weighted by Gasteiger charge is 1.96. The van der Waals surface area contributed by atoms with Crippen molar-refractivity contribution in [2.24, 2.45) is 0 Å². The van der Waals surface area contributed by atoms with E-state index in [1.165, 1.54) is 5.56 Å². The second-order valence-corrected chi connectivity index (χ2v) is 4.12. The summed E-state index contributed by atoms with van der Waals surface area (Å²) in [7, 11) is 1.66. The molecule has 94 valence electrons. The fraction of sp³-hybridized carbons (Fsp3) is 0.200. The van der Waals surface area contributed by atoms with Gasteiger partial charge in [-0.3, -0.25) is 0 Å². The first-order valence-corrected chi connectivity index (χ1v) is 5.89. The first-order valence-electron chi connectivity index (χ1n) is 5.89. The van der Waals surface area contributed by atoms with E-state index in [0.717, 1.165) is 24.4 Å². The zero-order valence-electron chi connectivity index (χ0n) is 10.4. The van der Waals surface area contributed by atoms with Crippen molar-refractivity contribution in [2.45, 2.75) is 13.1 Å². The number of hydrogen-bond donors (Lipinski definition) is 2. The number of ether oxygens (including phenoxy) is 1. The molecule has 0 radical (unpaired) electrons. The molecule has 0 heterocycles. The van der Waals surface area contributed by atoms with E-state index in [4.69, 9.17) is 4.74 Å². The van der Waals surface area contributed by atoms with E-state index in [0.29, 0.717) is 5.75 Å². The fourth-order valence-corrected chi connectivity index (χ4v) is 1.76. The van der Waals surface area contributed by atoms with E-state index in [2.05, 4.69) is 5.32 Å². The Morgan fingerprint density at radius 2 is 1.72 bits per heavy atom. The molecule has 3 heteroatoms. The quantitative estimate of drug-likeness (QED) is 0.848.